The summed E-state index contributed by atoms with van der Waals surface area (Å²) in [7, 11) is 0. The van der Waals surface area contributed by atoms with Crippen LogP contribution in [0.1, 0.15) is 26.2 Å². The van der Waals surface area contributed by atoms with E-state index in [9.17, 15) is 13.6 Å². The van der Waals surface area contributed by atoms with E-state index in [0.29, 0.717) is 0 Å². The number of halogens is 2. The number of nitrogens with two attached hydrogens (primary N) is 1. The fourth-order valence-corrected chi connectivity index (χ4v) is 1.66. The van der Waals surface area contributed by atoms with E-state index in [2.05, 4.69) is 0 Å². The minimum absolute atomic E-state index is 0.177. The molecule has 2 N–H and O–H groups in total. The number of alkyl halides is 2. The van der Waals surface area contributed by atoms with Crippen LogP contribution < -0.4 is 5.73 Å². The van der Waals surface area contributed by atoms with Gasteiger partial charge in [0.05, 0.1) is 12.5 Å². The van der Waals surface area contributed by atoms with Crippen LogP contribution in [-0.2, 0) is 9.53 Å². The normalized spacial score (nSPS) is 31.1. The van der Waals surface area contributed by atoms with Crippen molar-refractivity contribution in [1.29, 1.82) is 0 Å². The molecule has 14 heavy (non-hydrogen) atoms. The summed E-state index contributed by atoms with van der Waals surface area (Å²) in [5.74, 6) is -4.22. The molecule has 0 heterocycles. The van der Waals surface area contributed by atoms with E-state index in [-0.39, 0.29) is 19.4 Å². The zero-order chi connectivity index (χ0) is 10.8. The average molecular weight is 207 g/mol. The van der Waals surface area contributed by atoms with Gasteiger partial charge in [-0.05, 0) is 13.3 Å². The molecule has 0 bridgehead atoms. The molecular weight excluding hydrogens is 192 g/mol. The van der Waals surface area contributed by atoms with Gasteiger partial charge in [0.1, 0.15) is 0 Å². The summed E-state index contributed by atoms with van der Waals surface area (Å²) in [6.45, 7) is 1.85. The van der Waals surface area contributed by atoms with Gasteiger partial charge in [-0.25, -0.2) is 8.78 Å². The van der Waals surface area contributed by atoms with Crippen LogP contribution in [0.3, 0.4) is 0 Å². The third-order valence-electron chi connectivity index (χ3n) is 2.47. The van der Waals surface area contributed by atoms with Crippen LogP contribution in [0, 0.1) is 5.92 Å². The Kier molecular flexibility index (Phi) is 3.42. The van der Waals surface area contributed by atoms with Gasteiger partial charge in [-0.15, -0.1) is 0 Å². The van der Waals surface area contributed by atoms with E-state index in [1.165, 1.54) is 0 Å². The van der Waals surface area contributed by atoms with Crippen molar-refractivity contribution in [2.45, 2.75) is 38.2 Å². The molecule has 0 unspecified atom stereocenters. The molecule has 0 aromatic rings. The molecule has 1 rings (SSSR count). The standard InChI is InChI=1S/C9H15F2NO2/c1-2-14-8(13)6-5-9(10,11)4-3-7(6)12/h6-7H,2-5,12H2,1H3/t6-,7+/m0/s1. The second-order valence-electron chi connectivity index (χ2n) is 3.62. The Hall–Kier alpha value is -0.710. The Morgan fingerprint density at radius 1 is 1.64 bits per heavy atom. The van der Waals surface area contributed by atoms with Crippen molar-refractivity contribution in [1.82, 2.24) is 0 Å². The minimum atomic E-state index is -2.77. The lowest BCUT2D eigenvalue weighted by Crippen LogP contribution is -2.45. The van der Waals surface area contributed by atoms with E-state index in [1.807, 2.05) is 0 Å². The lowest BCUT2D eigenvalue weighted by molar-refractivity contribution is -0.156. The summed E-state index contributed by atoms with van der Waals surface area (Å²) < 4.78 is 30.6. The highest BCUT2D eigenvalue weighted by Gasteiger charge is 2.43. The van der Waals surface area contributed by atoms with Gasteiger partial charge in [0.15, 0.2) is 0 Å². The van der Waals surface area contributed by atoms with E-state index in [0.717, 1.165) is 0 Å². The van der Waals surface area contributed by atoms with Crippen molar-refractivity contribution in [3.05, 3.63) is 0 Å². The van der Waals surface area contributed by atoms with Crippen molar-refractivity contribution in [2.75, 3.05) is 6.61 Å². The Morgan fingerprint density at radius 3 is 2.86 bits per heavy atom. The average Bonchev–Trinajstić information content (AvgIpc) is 2.10. The SMILES string of the molecule is CCOC(=O)[C@H]1CC(F)(F)CC[C@H]1N. The molecule has 5 heteroatoms. The van der Waals surface area contributed by atoms with Gasteiger partial charge in [0.2, 0.25) is 5.92 Å². The molecule has 0 radical (unpaired) electrons. The zero-order valence-corrected chi connectivity index (χ0v) is 8.13. The first-order valence-electron chi connectivity index (χ1n) is 4.76. The number of rotatable bonds is 2. The molecule has 0 spiro atoms. The minimum Gasteiger partial charge on any atom is -0.466 e. The van der Waals surface area contributed by atoms with E-state index >= 15 is 0 Å². The summed E-state index contributed by atoms with van der Waals surface area (Å²) >= 11 is 0. The fourth-order valence-electron chi connectivity index (χ4n) is 1.66. The number of hydrogen-bond acceptors (Lipinski definition) is 3. The van der Waals surface area contributed by atoms with E-state index in [1.54, 1.807) is 6.92 Å². The highest BCUT2D eigenvalue weighted by Crippen LogP contribution is 2.36. The predicted octanol–water partition coefficient (Wildman–Crippen LogP) is 1.31. The van der Waals surface area contributed by atoms with Crippen LogP contribution in [0.15, 0.2) is 0 Å². The number of carbonyl (C=O) groups excluding carboxylic acids is 1. The van der Waals surface area contributed by atoms with E-state index < -0.39 is 30.3 Å². The molecule has 0 saturated heterocycles. The lowest BCUT2D eigenvalue weighted by atomic mass is 9.83. The largest absolute Gasteiger partial charge is 0.466 e. The van der Waals surface area contributed by atoms with Crippen LogP contribution in [-0.4, -0.2) is 24.5 Å². The van der Waals surface area contributed by atoms with Gasteiger partial charge >= 0.3 is 5.97 Å². The molecule has 1 aliphatic rings. The fraction of sp³-hybridized carbons (Fsp3) is 0.889. The summed E-state index contributed by atoms with van der Waals surface area (Å²) in [4.78, 5) is 11.3. The Bertz CT molecular complexity index is 221. The smallest absolute Gasteiger partial charge is 0.310 e. The predicted molar refractivity (Wildman–Crippen MR) is 46.9 cm³/mol. The quantitative estimate of drug-likeness (QED) is 0.694. The van der Waals surface area contributed by atoms with Gasteiger partial charge < -0.3 is 10.5 Å². The summed E-state index contributed by atoms with van der Waals surface area (Å²) in [5.41, 5.74) is 5.60. The topological polar surface area (TPSA) is 52.3 Å². The lowest BCUT2D eigenvalue weighted by Gasteiger charge is -2.32. The number of hydrogen-bond donors (Lipinski definition) is 1. The summed E-state index contributed by atoms with van der Waals surface area (Å²) in [6, 6.07) is -0.492. The van der Waals surface area contributed by atoms with Crippen LogP contribution >= 0.6 is 0 Å². The molecule has 3 nitrogen and oxygen atoms in total. The number of esters is 1. The molecule has 1 saturated carbocycles. The molecular formula is C9H15F2NO2. The van der Waals surface area contributed by atoms with Gasteiger partial charge in [-0.1, -0.05) is 0 Å². The second kappa shape index (κ2) is 4.21. The van der Waals surface area contributed by atoms with Crippen LogP contribution in [0.2, 0.25) is 0 Å². The molecule has 0 aromatic heterocycles. The van der Waals surface area contributed by atoms with Crippen molar-refractivity contribution in [3.8, 4) is 0 Å². The van der Waals surface area contributed by atoms with Crippen LogP contribution in [0.4, 0.5) is 8.78 Å². The maximum Gasteiger partial charge on any atom is 0.310 e. The van der Waals surface area contributed by atoms with Crippen LogP contribution in [0.5, 0.6) is 0 Å². The number of carbonyl (C=O) groups is 1. The van der Waals surface area contributed by atoms with Crippen LogP contribution in [0.25, 0.3) is 0 Å². The Labute approximate surface area is 81.6 Å². The molecule has 0 aliphatic heterocycles. The van der Waals surface area contributed by atoms with E-state index in [4.69, 9.17) is 10.5 Å². The van der Waals surface area contributed by atoms with Gasteiger partial charge in [0, 0.05) is 18.9 Å². The van der Waals surface area contributed by atoms with Crippen molar-refractivity contribution in [3.63, 3.8) is 0 Å². The van der Waals surface area contributed by atoms with Crippen molar-refractivity contribution < 1.29 is 18.3 Å². The molecule has 0 aromatic carbocycles. The molecule has 2 atom stereocenters. The Balaban J connectivity index is 2.61. The molecule has 1 fully saturated rings. The van der Waals surface area contributed by atoms with Crippen molar-refractivity contribution >= 4 is 5.97 Å². The van der Waals surface area contributed by atoms with Gasteiger partial charge in [0.25, 0.3) is 0 Å². The summed E-state index contributed by atoms with van der Waals surface area (Å²) in [6.07, 6.45) is -0.534. The van der Waals surface area contributed by atoms with Gasteiger partial charge in [-0.3, -0.25) is 4.79 Å². The Morgan fingerprint density at radius 2 is 2.29 bits per heavy atom. The third kappa shape index (κ3) is 2.64. The monoisotopic (exact) mass is 207 g/mol. The first-order valence-corrected chi connectivity index (χ1v) is 4.76. The molecule has 1 aliphatic carbocycles. The summed E-state index contributed by atoms with van der Waals surface area (Å²) in [5, 5.41) is 0. The maximum atomic E-state index is 13.0. The van der Waals surface area contributed by atoms with Gasteiger partial charge in [-0.2, -0.15) is 0 Å². The molecule has 0 amide bonds. The van der Waals surface area contributed by atoms with Crippen molar-refractivity contribution in [2.24, 2.45) is 11.7 Å². The highest BCUT2D eigenvalue weighted by molar-refractivity contribution is 5.73. The maximum absolute atomic E-state index is 13.0. The number of ether oxygens (including phenoxy) is 1. The molecule has 82 valence electrons. The zero-order valence-electron chi connectivity index (χ0n) is 8.13. The highest BCUT2D eigenvalue weighted by atomic mass is 19.3. The second-order valence-corrected chi connectivity index (χ2v) is 3.62. The first kappa shape index (κ1) is 11.4. The third-order valence-corrected chi connectivity index (χ3v) is 2.47. The first-order chi connectivity index (χ1) is 6.46.